The van der Waals surface area contributed by atoms with Crippen LogP contribution in [0.15, 0.2) is 18.2 Å². The van der Waals surface area contributed by atoms with Crippen molar-refractivity contribution < 1.29 is 0 Å². The number of hydrogen-bond donors (Lipinski definition) is 1. The highest BCUT2D eigenvalue weighted by Gasteiger charge is 2.12. The lowest BCUT2D eigenvalue weighted by Gasteiger charge is -2.23. The molecule has 1 fully saturated rings. The van der Waals surface area contributed by atoms with Crippen LogP contribution in [-0.2, 0) is 6.54 Å². The predicted octanol–water partition coefficient (Wildman–Crippen LogP) is 3.29. The van der Waals surface area contributed by atoms with E-state index in [9.17, 15) is 0 Å². The Hall–Kier alpha value is -0.470. The topological polar surface area (TPSA) is 12.0 Å². The van der Waals surface area contributed by atoms with Crippen LogP contribution in [-0.4, -0.2) is 17.5 Å². The normalized spacial score (nSPS) is 21.0. The molecule has 2 heteroatoms. The Labute approximate surface area is 103 Å². The third-order valence-corrected chi connectivity index (χ3v) is 4.46. The summed E-state index contributed by atoms with van der Waals surface area (Å²) in [4.78, 5) is 0. The zero-order valence-corrected chi connectivity index (χ0v) is 11.1. The molecule has 0 radical (unpaired) electrons. The number of benzene rings is 1. The zero-order valence-electron chi connectivity index (χ0n) is 10.3. The average Bonchev–Trinajstić information content (AvgIpc) is 2.29. The van der Waals surface area contributed by atoms with E-state index in [0.29, 0.717) is 0 Å². The summed E-state index contributed by atoms with van der Waals surface area (Å²) in [5, 5.41) is 3.68. The quantitative estimate of drug-likeness (QED) is 0.863. The Morgan fingerprint density at radius 3 is 2.94 bits per heavy atom. The molecule has 2 rings (SSSR count). The Bertz CT molecular complexity index is 343. The van der Waals surface area contributed by atoms with Gasteiger partial charge in [-0.1, -0.05) is 23.8 Å². The second-order valence-corrected chi connectivity index (χ2v) is 5.87. The number of aryl methyl sites for hydroxylation is 2. The van der Waals surface area contributed by atoms with Gasteiger partial charge in [-0.15, -0.1) is 0 Å². The summed E-state index contributed by atoms with van der Waals surface area (Å²) in [6, 6.07) is 7.46. The van der Waals surface area contributed by atoms with Crippen molar-refractivity contribution in [1.82, 2.24) is 5.32 Å². The Balaban J connectivity index is 1.88. The Morgan fingerprint density at radius 1 is 1.38 bits per heavy atom. The van der Waals surface area contributed by atoms with Crippen molar-refractivity contribution in [2.24, 2.45) is 0 Å². The van der Waals surface area contributed by atoms with Crippen LogP contribution in [0.3, 0.4) is 0 Å². The number of hydrogen-bond acceptors (Lipinski definition) is 2. The molecule has 0 aliphatic carbocycles. The minimum atomic E-state index is 0.722. The molecule has 1 aliphatic rings. The standard InChI is InChI=1S/C14H21NS/c1-11-5-6-13(12(2)8-11)9-15-14-4-3-7-16-10-14/h5-6,8,14-15H,3-4,7,9-10H2,1-2H3. The van der Waals surface area contributed by atoms with Crippen LogP contribution in [0.5, 0.6) is 0 Å². The minimum Gasteiger partial charge on any atom is -0.309 e. The van der Waals surface area contributed by atoms with E-state index in [1.165, 1.54) is 41.0 Å². The molecule has 16 heavy (non-hydrogen) atoms. The second kappa shape index (κ2) is 5.74. The molecule has 1 aromatic carbocycles. The van der Waals surface area contributed by atoms with Crippen molar-refractivity contribution in [3.63, 3.8) is 0 Å². The molecule has 1 nitrogen and oxygen atoms in total. The summed E-state index contributed by atoms with van der Waals surface area (Å²) in [5.74, 6) is 2.63. The SMILES string of the molecule is Cc1ccc(CNC2CCCSC2)c(C)c1. The molecule has 88 valence electrons. The van der Waals surface area contributed by atoms with Gasteiger partial charge in [-0.2, -0.15) is 11.8 Å². The highest BCUT2D eigenvalue weighted by molar-refractivity contribution is 7.99. The van der Waals surface area contributed by atoms with Gasteiger partial charge in [0.05, 0.1) is 0 Å². The van der Waals surface area contributed by atoms with E-state index in [4.69, 9.17) is 0 Å². The average molecular weight is 235 g/mol. The third kappa shape index (κ3) is 3.26. The largest absolute Gasteiger partial charge is 0.309 e. The lowest BCUT2D eigenvalue weighted by atomic mass is 10.1. The van der Waals surface area contributed by atoms with Gasteiger partial charge in [-0.05, 0) is 43.6 Å². The number of rotatable bonds is 3. The highest BCUT2D eigenvalue weighted by Crippen LogP contribution is 2.18. The smallest absolute Gasteiger partial charge is 0.0211 e. The fourth-order valence-electron chi connectivity index (χ4n) is 2.20. The second-order valence-electron chi connectivity index (χ2n) is 4.72. The predicted molar refractivity (Wildman–Crippen MR) is 73.1 cm³/mol. The summed E-state index contributed by atoms with van der Waals surface area (Å²) >= 11 is 2.08. The van der Waals surface area contributed by atoms with Crippen LogP contribution >= 0.6 is 11.8 Å². The van der Waals surface area contributed by atoms with Crippen LogP contribution in [0.25, 0.3) is 0 Å². The van der Waals surface area contributed by atoms with Gasteiger partial charge in [0.1, 0.15) is 0 Å². The minimum absolute atomic E-state index is 0.722. The summed E-state index contributed by atoms with van der Waals surface area (Å²) < 4.78 is 0. The zero-order chi connectivity index (χ0) is 11.4. The fraction of sp³-hybridized carbons (Fsp3) is 0.571. The van der Waals surface area contributed by atoms with Crippen LogP contribution in [0.2, 0.25) is 0 Å². The lowest BCUT2D eigenvalue weighted by molar-refractivity contribution is 0.507. The summed E-state index contributed by atoms with van der Waals surface area (Å²) in [6.45, 7) is 5.39. The van der Waals surface area contributed by atoms with Gasteiger partial charge >= 0.3 is 0 Å². The maximum absolute atomic E-state index is 3.68. The first-order valence-electron chi connectivity index (χ1n) is 6.13. The van der Waals surface area contributed by atoms with Crippen LogP contribution in [0.4, 0.5) is 0 Å². The van der Waals surface area contributed by atoms with Gasteiger partial charge in [-0.25, -0.2) is 0 Å². The molecular weight excluding hydrogens is 214 g/mol. The van der Waals surface area contributed by atoms with Crippen LogP contribution in [0, 0.1) is 13.8 Å². The first-order chi connectivity index (χ1) is 7.75. The van der Waals surface area contributed by atoms with Crippen molar-refractivity contribution in [2.45, 2.75) is 39.3 Å². The summed E-state index contributed by atoms with van der Waals surface area (Å²) in [6.07, 6.45) is 2.72. The molecule has 0 spiro atoms. The van der Waals surface area contributed by atoms with E-state index in [1.54, 1.807) is 0 Å². The van der Waals surface area contributed by atoms with Crippen molar-refractivity contribution in [3.05, 3.63) is 34.9 Å². The molecule has 0 amide bonds. The summed E-state index contributed by atoms with van der Waals surface area (Å²) in [7, 11) is 0. The van der Waals surface area contributed by atoms with Gasteiger partial charge in [0, 0.05) is 18.3 Å². The van der Waals surface area contributed by atoms with E-state index < -0.39 is 0 Å². The van der Waals surface area contributed by atoms with Gasteiger partial charge in [0.15, 0.2) is 0 Å². The van der Waals surface area contributed by atoms with E-state index in [-0.39, 0.29) is 0 Å². The van der Waals surface area contributed by atoms with Crippen molar-refractivity contribution >= 4 is 11.8 Å². The van der Waals surface area contributed by atoms with Gasteiger partial charge in [0.25, 0.3) is 0 Å². The van der Waals surface area contributed by atoms with Crippen LogP contribution < -0.4 is 5.32 Å². The van der Waals surface area contributed by atoms with E-state index in [2.05, 4.69) is 49.1 Å². The van der Waals surface area contributed by atoms with E-state index >= 15 is 0 Å². The van der Waals surface area contributed by atoms with Gasteiger partial charge in [0.2, 0.25) is 0 Å². The molecule has 0 bridgehead atoms. The Morgan fingerprint density at radius 2 is 2.25 bits per heavy atom. The maximum atomic E-state index is 3.68. The molecule has 1 aromatic rings. The van der Waals surface area contributed by atoms with E-state index in [0.717, 1.165) is 12.6 Å². The number of thioether (sulfide) groups is 1. The molecule has 1 atom stereocenters. The molecule has 0 saturated carbocycles. The third-order valence-electron chi connectivity index (χ3n) is 3.24. The molecule has 1 unspecified atom stereocenters. The fourth-order valence-corrected chi connectivity index (χ4v) is 3.31. The molecule has 1 heterocycles. The number of nitrogens with one attached hydrogen (secondary N) is 1. The van der Waals surface area contributed by atoms with E-state index in [1.807, 2.05) is 0 Å². The molecular formula is C14H21NS. The first kappa shape index (κ1) is 12.0. The van der Waals surface area contributed by atoms with Crippen molar-refractivity contribution in [3.8, 4) is 0 Å². The van der Waals surface area contributed by atoms with Crippen molar-refractivity contribution in [1.29, 1.82) is 0 Å². The first-order valence-corrected chi connectivity index (χ1v) is 7.28. The van der Waals surface area contributed by atoms with Crippen molar-refractivity contribution in [2.75, 3.05) is 11.5 Å². The molecule has 0 aromatic heterocycles. The van der Waals surface area contributed by atoms with Gasteiger partial charge in [-0.3, -0.25) is 0 Å². The molecule has 1 N–H and O–H groups in total. The monoisotopic (exact) mass is 235 g/mol. The van der Waals surface area contributed by atoms with Crippen LogP contribution in [0.1, 0.15) is 29.5 Å². The summed E-state index contributed by atoms with van der Waals surface area (Å²) in [5.41, 5.74) is 4.21. The van der Waals surface area contributed by atoms with Gasteiger partial charge < -0.3 is 5.32 Å². The lowest BCUT2D eigenvalue weighted by Crippen LogP contribution is -2.33. The molecule has 1 aliphatic heterocycles. The highest BCUT2D eigenvalue weighted by atomic mass is 32.2. The molecule has 1 saturated heterocycles. The Kier molecular flexibility index (Phi) is 4.30. The maximum Gasteiger partial charge on any atom is 0.0211 e.